The number of halogens is 4. The molecule has 0 unspecified atom stereocenters. The maximum atomic E-state index is 13.4. The number of amides is 1. The Kier molecular flexibility index (Phi) is 5.45. The van der Waals surface area contributed by atoms with Crippen LogP contribution in [0, 0.1) is 11.3 Å². The normalized spacial score (nSPS) is 15.4. The summed E-state index contributed by atoms with van der Waals surface area (Å²) in [5.74, 6) is -0.600. The van der Waals surface area contributed by atoms with Crippen molar-refractivity contribution < 1.29 is 18.3 Å². The standard InChI is InChI=1S/C15H12Cl2F2N2O2/c16-9-3-1-4-10-11(9)12(14(22)21-6-2-5-20)13(17)15(7-18,8-19)23-10/h1,3-4H,2,6-8H2,(H,21,22). The molecule has 2 rings (SSSR count). The molecule has 1 aromatic carbocycles. The first-order valence-electron chi connectivity index (χ1n) is 6.66. The fraction of sp³-hybridized carbons (Fsp3) is 0.333. The van der Waals surface area contributed by atoms with Gasteiger partial charge in [-0.05, 0) is 12.1 Å². The second kappa shape index (κ2) is 7.16. The van der Waals surface area contributed by atoms with Crippen molar-refractivity contribution in [1.82, 2.24) is 5.32 Å². The minimum atomic E-state index is -2.07. The zero-order valence-electron chi connectivity index (χ0n) is 11.8. The van der Waals surface area contributed by atoms with Gasteiger partial charge in [-0.1, -0.05) is 29.3 Å². The van der Waals surface area contributed by atoms with Crippen LogP contribution in [0.5, 0.6) is 5.75 Å². The number of ether oxygens (including phenoxy) is 1. The number of nitrogens with one attached hydrogen (secondary N) is 1. The van der Waals surface area contributed by atoms with Crippen molar-refractivity contribution in [1.29, 1.82) is 5.26 Å². The quantitative estimate of drug-likeness (QED) is 0.818. The summed E-state index contributed by atoms with van der Waals surface area (Å²) >= 11 is 12.2. The number of nitriles is 1. The molecular weight excluding hydrogens is 349 g/mol. The zero-order chi connectivity index (χ0) is 17.0. The summed E-state index contributed by atoms with van der Waals surface area (Å²) < 4.78 is 32.2. The van der Waals surface area contributed by atoms with Crippen LogP contribution in [0.3, 0.4) is 0 Å². The highest BCUT2D eigenvalue weighted by atomic mass is 35.5. The van der Waals surface area contributed by atoms with Gasteiger partial charge in [0.2, 0.25) is 5.60 Å². The monoisotopic (exact) mass is 360 g/mol. The minimum Gasteiger partial charge on any atom is -0.475 e. The lowest BCUT2D eigenvalue weighted by molar-refractivity contribution is -0.115. The summed E-state index contributed by atoms with van der Waals surface area (Å²) in [7, 11) is 0. The van der Waals surface area contributed by atoms with E-state index >= 15 is 0 Å². The van der Waals surface area contributed by atoms with Crippen LogP contribution in [0.15, 0.2) is 23.2 Å². The number of alkyl halides is 2. The topological polar surface area (TPSA) is 62.1 Å². The van der Waals surface area contributed by atoms with Crippen LogP contribution in [0.1, 0.15) is 12.0 Å². The lowest BCUT2D eigenvalue weighted by Gasteiger charge is -2.35. The first-order chi connectivity index (χ1) is 11.0. The van der Waals surface area contributed by atoms with Gasteiger partial charge in [0.1, 0.15) is 19.1 Å². The maximum Gasteiger partial charge on any atom is 0.253 e. The van der Waals surface area contributed by atoms with E-state index in [1.54, 1.807) is 0 Å². The van der Waals surface area contributed by atoms with Crippen LogP contribution in [0.25, 0.3) is 5.57 Å². The molecule has 0 fully saturated rings. The van der Waals surface area contributed by atoms with Gasteiger partial charge in [0.25, 0.3) is 5.91 Å². The number of carbonyl (C=O) groups excluding carboxylic acids is 1. The largest absolute Gasteiger partial charge is 0.475 e. The maximum absolute atomic E-state index is 13.4. The van der Waals surface area contributed by atoms with Crippen LogP contribution in [-0.4, -0.2) is 31.4 Å². The third-order valence-electron chi connectivity index (χ3n) is 3.33. The molecule has 0 atom stereocenters. The van der Waals surface area contributed by atoms with E-state index in [1.807, 2.05) is 6.07 Å². The third-order valence-corrected chi connectivity index (χ3v) is 4.18. The van der Waals surface area contributed by atoms with Crippen LogP contribution < -0.4 is 10.1 Å². The Morgan fingerprint density at radius 3 is 2.65 bits per heavy atom. The minimum absolute atomic E-state index is 0.0713. The Hall–Kier alpha value is -1.84. The second-order valence-corrected chi connectivity index (χ2v) is 5.61. The lowest BCUT2D eigenvalue weighted by atomic mass is 9.92. The zero-order valence-corrected chi connectivity index (χ0v) is 13.3. The number of benzene rings is 1. The van der Waals surface area contributed by atoms with E-state index < -0.39 is 29.9 Å². The molecule has 0 saturated carbocycles. The fourth-order valence-corrected chi connectivity index (χ4v) is 2.75. The number of hydrogen-bond acceptors (Lipinski definition) is 3. The van der Waals surface area contributed by atoms with Crippen molar-refractivity contribution >= 4 is 34.7 Å². The molecule has 0 aromatic heterocycles. The Labute approximate surface area is 141 Å². The highest BCUT2D eigenvalue weighted by molar-refractivity contribution is 6.43. The molecule has 0 spiro atoms. The van der Waals surface area contributed by atoms with Gasteiger partial charge in [-0.15, -0.1) is 0 Å². The molecule has 0 radical (unpaired) electrons. The summed E-state index contributed by atoms with van der Waals surface area (Å²) in [5.41, 5.74) is -2.04. The van der Waals surface area contributed by atoms with Gasteiger partial charge in [-0.2, -0.15) is 5.26 Å². The van der Waals surface area contributed by atoms with Crippen LogP contribution >= 0.6 is 23.2 Å². The Morgan fingerprint density at radius 1 is 1.35 bits per heavy atom. The highest BCUT2D eigenvalue weighted by Crippen LogP contribution is 2.46. The number of rotatable bonds is 5. The van der Waals surface area contributed by atoms with Crippen LogP contribution in [-0.2, 0) is 4.79 Å². The molecule has 4 nitrogen and oxygen atoms in total. The van der Waals surface area contributed by atoms with Crippen molar-refractivity contribution in [3.05, 3.63) is 33.8 Å². The Balaban J connectivity index is 2.57. The Morgan fingerprint density at radius 2 is 2.04 bits per heavy atom. The van der Waals surface area contributed by atoms with Crippen molar-refractivity contribution in [3.8, 4) is 11.8 Å². The van der Waals surface area contributed by atoms with Gasteiger partial charge in [0.05, 0.1) is 28.1 Å². The molecule has 1 aromatic rings. The van der Waals surface area contributed by atoms with Gasteiger partial charge in [-0.25, -0.2) is 8.78 Å². The number of nitrogens with zero attached hydrogens (tertiary/aromatic N) is 1. The van der Waals surface area contributed by atoms with Crippen molar-refractivity contribution in [3.63, 3.8) is 0 Å². The smallest absolute Gasteiger partial charge is 0.253 e. The summed E-state index contributed by atoms with van der Waals surface area (Å²) in [6, 6.07) is 6.37. The molecule has 122 valence electrons. The number of fused-ring (bicyclic) bond motifs is 1. The molecular formula is C15H12Cl2F2N2O2. The van der Waals surface area contributed by atoms with E-state index in [0.717, 1.165) is 0 Å². The van der Waals surface area contributed by atoms with Crippen LogP contribution in [0.4, 0.5) is 8.78 Å². The van der Waals surface area contributed by atoms with E-state index in [9.17, 15) is 13.6 Å². The van der Waals surface area contributed by atoms with Gasteiger partial charge in [0.15, 0.2) is 0 Å². The molecule has 1 aliphatic rings. The summed E-state index contributed by atoms with van der Waals surface area (Å²) in [6.07, 6.45) is 0.0832. The first kappa shape index (κ1) is 17.5. The fourth-order valence-electron chi connectivity index (χ4n) is 2.17. The highest BCUT2D eigenvalue weighted by Gasteiger charge is 2.45. The van der Waals surface area contributed by atoms with E-state index in [2.05, 4.69) is 5.32 Å². The predicted molar refractivity (Wildman–Crippen MR) is 82.8 cm³/mol. The van der Waals surface area contributed by atoms with E-state index in [0.29, 0.717) is 0 Å². The molecule has 1 heterocycles. The molecule has 8 heteroatoms. The molecule has 1 amide bonds. The molecule has 23 heavy (non-hydrogen) atoms. The second-order valence-electron chi connectivity index (χ2n) is 4.83. The average molecular weight is 361 g/mol. The molecule has 0 bridgehead atoms. The Bertz CT molecular complexity index is 697. The molecule has 1 N–H and O–H groups in total. The molecule has 1 aliphatic heterocycles. The average Bonchev–Trinajstić information content (AvgIpc) is 2.55. The number of hydrogen-bond donors (Lipinski definition) is 1. The third kappa shape index (κ3) is 3.12. The van der Waals surface area contributed by atoms with Gasteiger partial charge >= 0.3 is 0 Å². The summed E-state index contributed by atoms with van der Waals surface area (Å²) in [5, 5.41) is 10.8. The SMILES string of the molecule is N#CCCNC(=O)C1=C(Cl)C(CF)(CF)Oc2cccc(Cl)c21. The van der Waals surface area contributed by atoms with Crippen molar-refractivity contribution in [2.24, 2.45) is 0 Å². The number of carbonyl (C=O) groups is 1. The first-order valence-corrected chi connectivity index (χ1v) is 7.41. The summed E-state index contributed by atoms with van der Waals surface area (Å²) in [4.78, 5) is 12.4. The van der Waals surface area contributed by atoms with Crippen molar-refractivity contribution in [2.45, 2.75) is 12.0 Å². The van der Waals surface area contributed by atoms with Crippen molar-refractivity contribution in [2.75, 3.05) is 19.9 Å². The van der Waals surface area contributed by atoms with Crippen LogP contribution in [0.2, 0.25) is 5.02 Å². The van der Waals surface area contributed by atoms with E-state index in [-0.39, 0.29) is 34.9 Å². The van der Waals surface area contributed by atoms with E-state index in [4.69, 9.17) is 33.2 Å². The summed E-state index contributed by atoms with van der Waals surface area (Å²) in [6.45, 7) is -2.42. The van der Waals surface area contributed by atoms with E-state index in [1.165, 1.54) is 18.2 Å². The molecule has 0 saturated heterocycles. The molecule has 0 aliphatic carbocycles. The lowest BCUT2D eigenvalue weighted by Crippen LogP contribution is -2.45. The van der Waals surface area contributed by atoms with Gasteiger partial charge in [0, 0.05) is 12.1 Å². The van der Waals surface area contributed by atoms with Gasteiger partial charge in [-0.3, -0.25) is 4.79 Å². The predicted octanol–water partition coefficient (Wildman–Crippen LogP) is 3.39. The van der Waals surface area contributed by atoms with Gasteiger partial charge < -0.3 is 10.1 Å².